The minimum atomic E-state index is 0.0878. The van der Waals surface area contributed by atoms with Crippen LogP contribution in [0.15, 0.2) is 42.5 Å². The van der Waals surface area contributed by atoms with Crippen LogP contribution >= 0.6 is 23.2 Å². The number of halogens is 2. The molecule has 0 saturated carbocycles. The summed E-state index contributed by atoms with van der Waals surface area (Å²) in [4.78, 5) is 6.02. The lowest BCUT2D eigenvalue weighted by Gasteiger charge is -2.30. The quantitative estimate of drug-likeness (QED) is 0.750. The van der Waals surface area contributed by atoms with Gasteiger partial charge in [-0.05, 0) is 23.8 Å². The molecule has 2 bridgehead atoms. The summed E-state index contributed by atoms with van der Waals surface area (Å²) in [5, 5.41) is 3.39. The number of fused-ring (bicyclic) bond motifs is 4. The third-order valence-electron chi connectivity index (χ3n) is 4.04. The Morgan fingerprint density at radius 3 is 2.55 bits per heavy atom. The van der Waals surface area contributed by atoms with Crippen LogP contribution < -0.4 is 5.06 Å². The summed E-state index contributed by atoms with van der Waals surface area (Å²) >= 11 is 12.7. The zero-order valence-corrected chi connectivity index (χ0v) is 12.2. The summed E-state index contributed by atoms with van der Waals surface area (Å²) in [6, 6.07) is 14.1. The third-order valence-corrected chi connectivity index (χ3v) is 4.70. The lowest BCUT2D eigenvalue weighted by Crippen LogP contribution is -2.27. The van der Waals surface area contributed by atoms with Crippen molar-refractivity contribution in [1.29, 1.82) is 0 Å². The molecule has 0 spiro atoms. The topological polar surface area (TPSA) is 12.5 Å². The molecule has 2 aromatic rings. The first-order valence-electron chi connectivity index (χ1n) is 6.72. The number of hydroxylamine groups is 1. The van der Waals surface area contributed by atoms with Crippen LogP contribution in [0.5, 0.6) is 0 Å². The average Bonchev–Trinajstić information content (AvgIpc) is 2.77. The van der Waals surface area contributed by atoms with E-state index in [4.69, 9.17) is 28.0 Å². The highest BCUT2D eigenvalue weighted by Crippen LogP contribution is 2.47. The van der Waals surface area contributed by atoms with Gasteiger partial charge in [0.2, 0.25) is 0 Å². The molecule has 4 rings (SSSR count). The monoisotopic (exact) mass is 305 g/mol. The van der Waals surface area contributed by atoms with Gasteiger partial charge in [0.15, 0.2) is 0 Å². The van der Waals surface area contributed by atoms with E-state index in [9.17, 15) is 0 Å². The van der Waals surface area contributed by atoms with Crippen LogP contribution in [0.4, 0.5) is 5.69 Å². The normalized spacial score (nSPS) is 23.8. The number of rotatable bonds is 1. The first-order valence-corrected chi connectivity index (χ1v) is 7.47. The zero-order chi connectivity index (χ0) is 13.7. The second-order valence-electron chi connectivity index (χ2n) is 5.27. The number of anilines is 1. The van der Waals surface area contributed by atoms with Crippen molar-refractivity contribution in [2.24, 2.45) is 0 Å². The van der Waals surface area contributed by atoms with Crippen LogP contribution in [0.2, 0.25) is 10.0 Å². The summed E-state index contributed by atoms with van der Waals surface area (Å²) in [5.74, 6) is 0. The summed E-state index contributed by atoms with van der Waals surface area (Å²) in [7, 11) is 0. The van der Waals surface area contributed by atoms with Gasteiger partial charge in [-0.2, -0.15) is 0 Å². The lowest BCUT2D eigenvalue weighted by molar-refractivity contribution is 0.0734. The van der Waals surface area contributed by atoms with Crippen molar-refractivity contribution in [3.63, 3.8) is 0 Å². The fourth-order valence-electron chi connectivity index (χ4n) is 3.17. The second-order valence-corrected chi connectivity index (χ2v) is 6.09. The summed E-state index contributed by atoms with van der Waals surface area (Å²) in [6.45, 7) is 0. The van der Waals surface area contributed by atoms with Gasteiger partial charge in [-0.25, -0.2) is 5.06 Å². The highest BCUT2D eigenvalue weighted by molar-refractivity contribution is 6.36. The molecule has 4 heteroatoms. The van der Waals surface area contributed by atoms with E-state index in [0.29, 0.717) is 10.0 Å². The van der Waals surface area contributed by atoms with Gasteiger partial charge in [0.05, 0.1) is 17.8 Å². The molecule has 0 N–H and O–H groups in total. The Balaban J connectivity index is 1.83. The Morgan fingerprint density at radius 2 is 1.75 bits per heavy atom. The lowest BCUT2D eigenvalue weighted by atomic mass is 10.0. The molecule has 2 nitrogen and oxygen atoms in total. The van der Waals surface area contributed by atoms with Crippen LogP contribution in [-0.2, 0) is 11.3 Å². The van der Waals surface area contributed by atoms with Gasteiger partial charge in [0.25, 0.3) is 0 Å². The molecule has 0 aliphatic carbocycles. The van der Waals surface area contributed by atoms with Crippen molar-refractivity contribution in [2.75, 3.05) is 5.06 Å². The average molecular weight is 306 g/mol. The van der Waals surface area contributed by atoms with Crippen molar-refractivity contribution in [1.82, 2.24) is 0 Å². The third kappa shape index (κ3) is 1.83. The predicted molar refractivity (Wildman–Crippen MR) is 81.3 cm³/mol. The van der Waals surface area contributed by atoms with Gasteiger partial charge in [0.1, 0.15) is 0 Å². The van der Waals surface area contributed by atoms with Crippen LogP contribution in [-0.4, -0.2) is 6.10 Å². The maximum atomic E-state index is 6.36. The van der Waals surface area contributed by atoms with Crippen LogP contribution in [0.1, 0.15) is 23.6 Å². The molecular formula is C16H13Cl2NO. The minimum absolute atomic E-state index is 0.0878. The van der Waals surface area contributed by atoms with E-state index in [1.54, 1.807) is 0 Å². The fourth-order valence-corrected chi connectivity index (χ4v) is 3.82. The number of hydrogen-bond donors (Lipinski definition) is 0. The van der Waals surface area contributed by atoms with Gasteiger partial charge < -0.3 is 0 Å². The van der Waals surface area contributed by atoms with Gasteiger partial charge in [-0.1, -0.05) is 47.5 Å². The second kappa shape index (κ2) is 4.66. The number of para-hydroxylation sites is 1. The first-order chi connectivity index (χ1) is 9.74. The summed E-state index contributed by atoms with van der Waals surface area (Å²) in [5.41, 5.74) is 3.42. The highest BCUT2D eigenvalue weighted by atomic mass is 35.5. The van der Waals surface area contributed by atoms with Crippen molar-refractivity contribution in [3.05, 3.63) is 63.6 Å². The SMILES string of the molecule is Clc1cccc(Cl)c1[C@@H]1C[C@@H]2Cc3ccccc3N1O2. The van der Waals surface area contributed by atoms with Crippen LogP contribution in [0.3, 0.4) is 0 Å². The Kier molecular flexibility index (Phi) is 2.92. The molecule has 2 aliphatic rings. The molecule has 2 atom stereocenters. The molecule has 0 unspecified atom stereocenters. The Bertz CT molecular complexity index is 653. The van der Waals surface area contributed by atoms with E-state index >= 15 is 0 Å². The minimum Gasteiger partial charge on any atom is -0.269 e. The fraction of sp³-hybridized carbons (Fsp3) is 0.250. The van der Waals surface area contributed by atoms with Crippen molar-refractivity contribution in [3.8, 4) is 0 Å². The molecule has 1 saturated heterocycles. The molecule has 102 valence electrons. The van der Waals surface area contributed by atoms with E-state index in [2.05, 4.69) is 18.2 Å². The molecule has 1 fully saturated rings. The molecule has 0 aromatic heterocycles. The first kappa shape index (κ1) is 12.5. The summed E-state index contributed by atoms with van der Waals surface area (Å²) in [6.07, 6.45) is 2.07. The molecule has 2 heterocycles. The zero-order valence-electron chi connectivity index (χ0n) is 10.7. The van der Waals surface area contributed by atoms with E-state index in [1.807, 2.05) is 29.3 Å². The molecule has 20 heavy (non-hydrogen) atoms. The smallest absolute Gasteiger partial charge is 0.0921 e. The van der Waals surface area contributed by atoms with Gasteiger partial charge in [0, 0.05) is 28.5 Å². The van der Waals surface area contributed by atoms with Crippen LogP contribution in [0.25, 0.3) is 0 Å². The largest absolute Gasteiger partial charge is 0.269 e. The van der Waals surface area contributed by atoms with Gasteiger partial charge in [-0.15, -0.1) is 0 Å². The molecule has 2 aromatic carbocycles. The predicted octanol–water partition coefficient (Wildman–Crippen LogP) is 4.80. The van der Waals surface area contributed by atoms with E-state index in [1.165, 1.54) is 5.56 Å². The van der Waals surface area contributed by atoms with E-state index < -0.39 is 0 Å². The molecule has 0 radical (unpaired) electrons. The number of nitrogens with zero attached hydrogens (tertiary/aromatic N) is 1. The van der Waals surface area contributed by atoms with E-state index in [-0.39, 0.29) is 12.1 Å². The van der Waals surface area contributed by atoms with Gasteiger partial charge >= 0.3 is 0 Å². The Labute approximate surface area is 127 Å². The Hall–Kier alpha value is -1.22. The standard InChI is InChI=1S/C16H13Cl2NO/c17-12-5-3-6-13(18)16(12)15-9-11-8-10-4-1-2-7-14(10)19(15)20-11/h1-7,11,15H,8-9H2/t11-,15-/m0/s1. The number of benzene rings is 2. The molecular weight excluding hydrogens is 293 g/mol. The number of hydrogen-bond acceptors (Lipinski definition) is 2. The Morgan fingerprint density at radius 1 is 1.00 bits per heavy atom. The van der Waals surface area contributed by atoms with E-state index in [0.717, 1.165) is 24.1 Å². The maximum absolute atomic E-state index is 6.36. The van der Waals surface area contributed by atoms with Crippen molar-refractivity contribution >= 4 is 28.9 Å². The molecule has 2 aliphatic heterocycles. The maximum Gasteiger partial charge on any atom is 0.0921 e. The summed E-state index contributed by atoms with van der Waals surface area (Å²) < 4.78 is 0. The van der Waals surface area contributed by atoms with Crippen molar-refractivity contribution in [2.45, 2.75) is 25.0 Å². The highest BCUT2D eigenvalue weighted by Gasteiger charge is 2.41. The van der Waals surface area contributed by atoms with Gasteiger partial charge in [-0.3, -0.25) is 4.84 Å². The van der Waals surface area contributed by atoms with Crippen molar-refractivity contribution < 1.29 is 4.84 Å². The van der Waals surface area contributed by atoms with Crippen LogP contribution in [0, 0.1) is 0 Å². The molecule has 0 amide bonds.